The summed E-state index contributed by atoms with van der Waals surface area (Å²) in [6, 6.07) is 7.12. The molecule has 94 valence electrons. The second-order valence-electron chi connectivity index (χ2n) is 3.43. The van der Waals surface area contributed by atoms with Gasteiger partial charge in [-0.05, 0) is 46.9 Å². The van der Waals surface area contributed by atoms with Crippen LogP contribution in [-0.4, -0.2) is 33.7 Å². The summed E-state index contributed by atoms with van der Waals surface area (Å²) in [5.74, 6) is -0.211. The lowest BCUT2D eigenvalue weighted by Crippen LogP contribution is -2.34. The second kappa shape index (κ2) is 6.31. The van der Waals surface area contributed by atoms with Gasteiger partial charge in [-0.2, -0.15) is 0 Å². The fraction of sp³-hybridized carbons (Fsp3) is 0.300. The molecule has 0 saturated heterocycles. The van der Waals surface area contributed by atoms with Crippen molar-refractivity contribution >= 4 is 38.5 Å². The number of amides is 1. The molecule has 1 aromatic carbocycles. The standard InChI is InChI=1S/C10H13IN2O3S/c1-17(15,16)13-7-6-12-10(14)8-2-4-9(11)5-3-8/h2-5,13H,6-7H2,1H3,(H,12,14). The molecule has 5 nitrogen and oxygen atoms in total. The third-order valence-electron chi connectivity index (χ3n) is 1.88. The lowest BCUT2D eigenvalue weighted by molar-refractivity contribution is 0.0954. The number of rotatable bonds is 5. The molecule has 1 rings (SSSR count). The van der Waals surface area contributed by atoms with Gasteiger partial charge in [0.15, 0.2) is 0 Å². The molecule has 0 aromatic heterocycles. The van der Waals surface area contributed by atoms with Gasteiger partial charge in [-0.3, -0.25) is 4.79 Å². The average molecular weight is 368 g/mol. The molecule has 0 aliphatic heterocycles. The predicted molar refractivity (Wildman–Crippen MR) is 74.3 cm³/mol. The number of nitrogens with one attached hydrogen (secondary N) is 2. The molecule has 1 aromatic rings. The molecule has 7 heteroatoms. The van der Waals surface area contributed by atoms with Gasteiger partial charge in [-0.25, -0.2) is 13.1 Å². The Kier molecular flexibility index (Phi) is 5.34. The van der Waals surface area contributed by atoms with Crippen LogP contribution in [0.15, 0.2) is 24.3 Å². The molecule has 2 N–H and O–H groups in total. The van der Waals surface area contributed by atoms with Crippen LogP contribution in [0.4, 0.5) is 0 Å². The number of hydrogen-bond donors (Lipinski definition) is 2. The van der Waals surface area contributed by atoms with E-state index in [4.69, 9.17) is 0 Å². The monoisotopic (exact) mass is 368 g/mol. The minimum atomic E-state index is -3.19. The molecule has 0 bridgehead atoms. The number of hydrogen-bond acceptors (Lipinski definition) is 3. The highest BCUT2D eigenvalue weighted by Gasteiger charge is 2.04. The number of halogens is 1. The Morgan fingerprint density at radius 2 is 1.82 bits per heavy atom. The number of carbonyl (C=O) groups is 1. The van der Waals surface area contributed by atoms with Crippen molar-refractivity contribution in [2.45, 2.75) is 0 Å². The fourth-order valence-electron chi connectivity index (χ4n) is 1.12. The molecule has 0 radical (unpaired) electrons. The van der Waals surface area contributed by atoms with Crippen molar-refractivity contribution in [2.24, 2.45) is 0 Å². The van der Waals surface area contributed by atoms with Crippen LogP contribution in [0.3, 0.4) is 0 Å². The molecule has 0 unspecified atom stereocenters. The summed E-state index contributed by atoms with van der Waals surface area (Å²) in [5.41, 5.74) is 0.560. The van der Waals surface area contributed by atoms with Crippen molar-refractivity contribution in [2.75, 3.05) is 19.3 Å². The third kappa shape index (κ3) is 5.99. The summed E-state index contributed by atoms with van der Waals surface area (Å²) in [4.78, 5) is 11.6. The maximum atomic E-state index is 11.6. The van der Waals surface area contributed by atoms with Gasteiger partial charge < -0.3 is 5.32 Å². The Balaban J connectivity index is 2.38. The minimum absolute atomic E-state index is 0.189. The second-order valence-corrected chi connectivity index (χ2v) is 6.51. The van der Waals surface area contributed by atoms with Crippen molar-refractivity contribution in [1.82, 2.24) is 10.0 Å². The summed E-state index contributed by atoms with van der Waals surface area (Å²) < 4.78 is 24.9. The van der Waals surface area contributed by atoms with Crippen LogP contribution in [0.2, 0.25) is 0 Å². The van der Waals surface area contributed by atoms with Gasteiger partial charge in [-0.15, -0.1) is 0 Å². The van der Waals surface area contributed by atoms with Crippen LogP contribution < -0.4 is 10.0 Å². The van der Waals surface area contributed by atoms with E-state index in [2.05, 4.69) is 32.6 Å². The Hall–Kier alpha value is -0.670. The van der Waals surface area contributed by atoms with E-state index in [0.717, 1.165) is 9.83 Å². The van der Waals surface area contributed by atoms with Gasteiger partial charge >= 0.3 is 0 Å². The molecule has 0 saturated carbocycles. The van der Waals surface area contributed by atoms with Crippen molar-refractivity contribution < 1.29 is 13.2 Å². The van der Waals surface area contributed by atoms with Crippen LogP contribution in [0.1, 0.15) is 10.4 Å². The molecule has 0 heterocycles. The first-order valence-corrected chi connectivity index (χ1v) is 7.84. The van der Waals surface area contributed by atoms with Gasteiger partial charge in [0.05, 0.1) is 6.26 Å². The van der Waals surface area contributed by atoms with Crippen LogP contribution in [0.5, 0.6) is 0 Å². The predicted octanol–water partition coefficient (Wildman–Crippen LogP) is 0.570. The van der Waals surface area contributed by atoms with Crippen LogP contribution >= 0.6 is 22.6 Å². The van der Waals surface area contributed by atoms with E-state index in [0.29, 0.717) is 5.56 Å². The van der Waals surface area contributed by atoms with Gasteiger partial charge in [-0.1, -0.05) is 0 Å². The summed E-state index contributed by atoms with van der Waals surface area (Å²) in [7, 11) is -3.19. The molecule has 0 fully saturated rings. The van der Waals surface area contributed by atoms with Crippen LogP contribution in [-0.2, 0) is 10.0 Å². The Labute approximate surface area is 114 Å². The minimum Gasteiger partial charge on any atom is -0.351 e. The number of sulfonamides is 1. The maximum Gasteiger partial charge on any atom is 0.251 e. The highest BCUT2D eigenvalue weighted by Crippen LogP contribution is 2.06. The van der Waals surface area contributed by atoms with E-state index in [1.165, 1.54) is 0 Å². The highest BCUT2D eigenvalue weighted by atomic mass is 127. The van der Waals surface area contributed by atoms with Crippen molar-refractivity contribution in [3.63, 3.8) is 0 Å². The zero-order valence-electron chi connectivity index (χ0n) is 9.23. The Bertz CT molecular complexity index is 485. The summed E-state index contributed by atoms with van der Waals surface area (Å²) >= 11 is 2.15. The highest BCUT2D eigenvalue weighted by molar-refractivity contribution is 14.1. The van der Waals surface area contributed by atoms with E-state index in [1.54, 1.807) is 12.1 Å². The SMILES string of the molecule is CS(=O)(=O)NCCNC(=O)c1ccc(I)cc1. The van der Waals surface area contributed by atoms with E-state index in [-0.39, 0.29) is 19.0 Å². The summed E-state index contributed by atoms with van der Waals surface area (Å²) in [5, 5.41) is 2.62. The molecular weight excluding hydrogens is 355 g/mol. The molecule has 1 amide bonds. The number of benzene rings is 1. The first-order chi connectivity index (χ1) is 7.88. The molecule has 0 aliphatic carbocycles. The van der Waals surface area contributed by atoms with Crippen LogP contribution in [0, 0.1) is 3.57 Å². The lowest BCUT2D eigenvalue weighted by Gasteiger charge is -2.05. The first kappa shape index (κ1) is 14.4. The maximum absolute atomic E-state index is 11.6. The zero-order valence-corrected chi connectivity index (χ0v) is 12.2. The van der Waals surface area contributed by atoms with Gasteiger partial charge in [0.2, 0.25) is 10.0 Å². The van der Waals surface area contributed by atoms with E-state index in [1.807, 2.05) is 12.1 Å². The normalized spacial score (nSPS) is 11.2. The molecule has 0 aliphatic rings. The van der Waals surface area contributed by atoms with E-state index >= 15 is 0 Å². The van der Waals surface area contributed by atoms with Gasteiger partial charge in [0, 0.05) is 22.2 Å². The van der Waals surface area contributed by atoms with Crippen LogP contribution in [0.25, 0.3) is 0 Å². The largest absolute Gasteiger partial charge is 0.351 e. The molecule has 0 spiro atoms. The first-order valence-electron chi connectivity index (χ1n) is 4.87. The third-order valence-corrected chi connectivity index (χ3v) is 3.33. The Morgan fingerprint density at radius 1 is 1.24 bits per heavy atom. The van der Waals surface area contributed by atoms with E-state index in [9.17, 15) is 13.2 Å². The lowest BCUT2D eigenvalue weighted by atomic mass is 10.2. The van der Waals surface area contributed by atoms with Crippen molar-refractivity contribution in [3.05, 3.63) is 33.4 Å². The molecular formula is C10H13IN2O3S. The topological polar surface area (TPSA) is 75.3 Å². The van der Waals surface area contributed by atoms with E-state index < -0.39 is 10.0 Å². The van der Waals surface area contributed by atoms with Gasteiger partial charge in [0.25, 0.3) is 5.91 Å². The Morgan fingerprint density at radius 3 is 2.35 bits per heavy atom. The smallest absolute Gasteiger partial charge is 0.251 e. The summed E-state index contributed by atoms with van der Waals surface area (Å²) in [6.07, 6.45) is 1.08. The molecule has 0 atom stereocenters. The quantitative estimate of drug-likeness (QED) is 0.590. The van der Waals surface area contributed by atoms with Crippen molar-refractivity contribution in [3.8, 4) is 0 Å². The summed E-state index contributed by atoms with van der Waals surface area (Å²) in [6.45, 7) is 0.451. The number of carbonyl (C=O) groups excluding carboxylic acids is 1. The van der Waals surface area contributed by atoms with Gasteiger partial charge in [0.1, 0.15) is 0 Å². The fourth-order valence-corrected chi connectivity index (χ4v) is 1.95. The molecule has 17 heavy (non-hydrogen) atoms. The van der Waals surface area contributed by atoms with Crippen molar-refractivity contribution in [1.29, 1.82) is 0 Å². The zero-order chi connectivity index (χ0) is 12.9. The average Bonchev–Trinajstić information content (AvgIpc) is 2.24.